The lowest BCUT2D eigenvalue weighted by Crippen LogP contribution is -2.35. The van der Waals surface area contributed by atoms with Gasteiger partial charge in [0.15, 0.2) is 0 Å². The molecule has 0 bridgehead atoms. The van der Waals surface area contributed by atoms with Crippen molar-refractivity contribution in [1.29, 1.82) is 0 Å². The second-order valence-corrected chi connectivity index (χ2v) is 4.54. The van der Waals surface area contributed by atoms with Crippen LogP contribution in [0, 0.1) is 20.8 Å². The summed E-state index contributed by atoms with van der Waals surface area (Å²) in [6.45, 7) is 4.09. The van der Waals surface area contributed by atoms with E-state index < -0.39 is 18.6 Å². The predicted molar refractivity (Wildman–Crippen MR) is 68.2 cm³/mol. The predicted octanol–water partition coefficient (Wildman–Crippen LogP) is 2.70. The van der Waals surface area contributed by atoms with Gasteiger partial charge in [0, 0.05) is 5.69 Å². The smallest absolute Gasteiger partial charge is 0.324 e. The number of carbonyl (C=O) groups excluding carboxylic acids is 1. The first kappa shape index (κ1) is 15.5. The Morgan fingerprint density at radius 3 is 2.16 bits per heavy atom. The van der Waals surface area contributed by atoms with Gasteiger partial charge < -0.3 is 10.6 Å². The van der Waals surface area contributed by atoms with Gasteiger partial charge in [-0.3, -0.25) is 4.79 Å². The monoisotopic (exact) mass is 274 g/mol. The molecule has 0 aliphatic carbocycles. The number of hydrogen-bond acceptors (Lipinski definition) is 2. The van der Waals surface area contributed by atoms with Crippen LogP contribution in [0.15, 0.2) is 12.1 Å². The molecule has 1 aromatic rings. The SMILES string of the molecule is Cc1cc(C)c(NC(=O)CNCC(F)(F)F)c(C)c1. The molecule has 3 nitrogen and oxygen atoms in total. The fourth-order valence-electron chi connectivity index (χ4n) is 1.88. The first-order valence-corrected chi connectivity index (χ1v) is 5.84. The van der Waals surface area contributed by atoms with Gasteiger partial charge in [0.05, 0.1) is 13.1 Å². The fourth-order valence-corrected chi connectivity index (χ4v) is 1.88. The van der Waals surface area contributed by atoms with Crippen LogP contribution in [0.4, 0.5) is 18.9 Å². The van der Waals surface area contributed by atoms with Crippen molar-refractivity contribution < 1.29 is 18.0 Å². The minimum Gasteiger partial charge on any atom is -0.324 e. The van der Waals surface area contributed by atoms with E-state index in [1.807, 2.05) is 32.9 Å². The van der Waals surface area contributed by atoms with Gasteiger partial charge in [-0.2, -0.15) is 13.2 Å². The Labute approximate surface area is 110 Å². The number of hydrogen-bond donors (Lipinski definition) is 2. The summed E-state index contributed by atoms with van der Waals surface area (Å²) in [6, 6.07) is 3.82. The minimum absolute atomic E-state index is 0.369. The minimum atomic E-state index is -4.31. The summed E-state index contributed by atoms with van der Waals surface area (Å²) in [7, 11) is 0. The summed E-state index contributed by atoms with van der Waals surface area (Å²) in [5, 5.41) is 4.68. The van der Waals surface area contributed by atoms with Crippen molar-refractivity contribution >= 4 is 11.6 Å². The van der Waals surface area contributed by atoms with Crippen LogP contribution in [0.2, 0.25) is 0 Å². The fraction of sp³-hybridized carbons (Fsp3) is 0.462. The molecule has 0 saturated heterocycles. The van der Waals surface area contributed by atoms with E-state index in [0.29, 0.717) is 5.69 Å². The third-order valence-electron chi connectivity index (χ3n) is 2.55. The molecular weight excluding hydrogens is 257 g/mol. The van der Waals surface area contributed by atoms with E-state index in [4.69, 9.17) is 0 Å². The van der Waals surface area contributed by atoms with Crippen molar-refractivity contribution in [3.05, 3.63) is 28.8 Å². The molecule has 0 atom stereocenters. The van der Waals surface area contributed by atoms with Gasteiger partial charge in [-0.25, -0.2) is 0 Å². The molecule has 2 N–H and O–H groups in total. The molecule has 0 fully saturated rings. The maximum Gasteiger partial charge on any atom is 0.401 e. The normalized spacial score (nSPS) is 11.5. The number of benzene rings is 1. The molecule has 0 heterocycles. The first-order valence-electron chi connectivity index (χ1n) is 5.84. The summed E-state index contributed by atoms with van der Waals surface area (Å²) >= 11 is 0. The lowest BCUT2D eigenvalue weighted by molar-refractivity contribution is -0.126. The Morgan fingerprint density at radius 1 is 1.16 bits per heavy atom. The molecule has 0 radical (unpaired) electrons. The van der Waals surface area contributed by atoms with Crippen LogP contribution in [0.5, 0.6) is 0 Å². The molecule has 0 aromatic heterocycles. The number of nitrogens with one attached hydrogen (secondary N) is 2. The van der Waals surface area contributed by atoms with Crippen LogP contribution in [0.3, 0.4) is 0 Å². The van der Waals surface area contributed by atoms with E-state index in [2.05, 4.69) is 10.6 Å². The van der Waals surface area contributed by atoms with Crippen LogP contribution in [-0.4, -0.2) is 25.2 Å². The number of amides is 1. The Morgan fingerprint density at radius 2 is 1.68 bits per heavy atom. The molecule has 106 valence electrons. The number of halogens is 3. The van der Waals surface area contributed by atoms with Gasteiger partial charge in [-0.1, -0.05) is 17.7 Å². The van der Waals surface area contributed by atoms with Crippen molar-refractivity contribution in [3.63, 3.8) is 0 Å². The highest BCUT2D eigenvalue weighted by Crippen LogP contribution is 2.21. The summed E-state index contributed by atoms with van der Waals surface area (Å²) < 4.78 is 35.7. The molecule has 1 aromatic carbocycles. The number of aryl methyl sites for hydroxylation is 3. The number of anilines is 1. The lowest BCUT2D eigenvalue weighted by Gasteiger charge is -2.13. The zero-order chi connectivity index (χ0) is 14.6. The highest BCUT2D eigenvalue weighted by atomic mass is 19.4. The van der Waals surface area contributed by atoms with E-state index in [-0.39, 0.29) is 6.54 Å². The van der Waals surface area contributed by atoms with Crippen LogP contribution in [0.25, 0.3) is 0 Å². The largest absolute Gasteiger partial charge is 0.401 e. The zero-order valence-electron chi connectivity index (χ0n) is 11.1. The van der Waals surface area contributed by atoms with Gasteiger partial charge >= 0.3 is 6.18 Å². The lowest BCUT2D eigenvalue weighted by atomic mass is 10.1. The second kappa shape index (κ2) is 6.06. The molecular formula is C13H17F3N2O. The molecule has 0 aliphatic rings. The summed E-state index contributed by atoms with van der Waals surface area (Å²) in [4.78, 5) is 11.5. The van der Waals surface area contributed by atoms with Crippen molar-refractivity contribution in [1.82, 2.24) is 5.32 Å². The number of carbonyl (C=O) groups is 1. The molecule has 6 heteroatoms. The molecule has 0 saturated carbocycles. The van der Waals surface area contributed by atoms with Gasteiger partial charge in [0.25, 0.3) is 0 Å². The molecule has 1 amide bonds. The van der Waals surface area contributed by atoms with E-state index in [1.54, 1.807) is 0 Å². The third kappa shape index (κ3) is 5.30. The van der Waals surface area contributed by atoms with E-state index in [0.717, 1.165) is 16.7 Å². The average Bonchev–Trinajstić information content (AvgIpc) is 2.21. The van der Waals surface area contributed by atoms with Gasteiger partial charge in [-0.05, 0) is 31.9 Å². The Bertz CT molecular complexity index is 446. The third-order valence-corrected chi connectivity index (χ3v) is 2.55. The van der Waals surface area contributed by atoms with Crippen molar-refractivity contribution in [2.24, 2.45) is 0 Å². The standard InChI is InChI=1S/C13H17F3N2O/c1-8-4-9(2)12(10(3)5-8)18-11(19)6-17-7-13(14,15)16/h4-5,17H,6-7H2,1-3H3,(H,18,19). The van der Waals surface area contributed by atoms with Gasteiger partial charge in [0.2, 0.25) is 5.91 Å². The highest BCUT2D eigenvalue weighted by molar-refractivity contribution is 5.93. The first-order chi connectivity index (χ1) is 8.69. The van der Waals surface area contributed by atoms with E-state index in [1.165, 1.54) is 0 Å². The molecule has 0 unspecified atom stereocenters. The summed E-state index contributed by atoms with van der Waals surface area (Å²) in [5.41, 5.74) is 3.51. The average molecular weight is 274 g/mol. The van der Waals surface area contributed by atoms with Crippen molar-refractivity contribution in [2.45, 2.75) is 26.9 Å². The quantitative estimate of drug-likeness (QED) is 0.886. The van der Waals surface area contributed by atoms with Gasteiger partial charge in [-0.15, -0.1) is 0 Å². The van der Waals surface area contributed by atoms with Gasteiger partial charge in [0.1, 0.15) is 0 Å². The van der Waals surface area contributed by atoms with Crippen LogP contribution in [-0.2, 0) is 4.79 Å². The topological polar surface area (TPSA) is 41.1 Å². The molecule has 0 spiro atoms. The Balaban J connectivity index is 2.58. The second-order valence-electron chi connectivity index (χ2n) is 4.54. The maximum atomic E-state index is 11.9. The van der Waals surface area contributed by atoms with Crippen LogP contribution < -0.4 is 10.6 Å². The van der Waals surface area contributed by atoms with Crippen molar-refractivity contribution in [2.75, 3.05) is 18.4 Å². The Kier molecular flexibility index (Phi) is 4.94. The van der Waals surface area contributed by atoms with Crippen LogP contribution >= 0.6 is 0 Å². The molecule has 0 aliphatic heterocycles. The summed E-state index contributed by atoms with van der Waals surface area (Å²) in [6.07, 6.45) is -4.31. The Hall–Kier alpha value is -1.56. The highest BCUT2D eigenvalue weighted by Gasteiger charge is 2.26. The van der Waals surface area contributed by atoms with E-state index in [9.17, 15) is 18.0 Å². The van der Waals surface area contributed by atoms with Crippen LogP contribution in [0.1, 0.15) is 16.7 Å². The maximum absolute atomic E-state index is 11.9. The van der Waals surface area contributed by atoms with E-state index >= 15 is 0 Å². The zero-order valence-corrected chi connectivity index (χ0v) is 11.1. The summed E-state index contributed by atoms with van der Waals surface area (Å²) in [5.74, 6) is -0.487. The molecule has 1 rings (SSSR count). The number of rotatable bonds is 4. The molecule has 19 heavy (non-hydrogen) atoms. The number of alkyl halides is 3. The van der Waals surface area contributed by atoms with Crippen molar-refractivity contribution in [3.8, 4) is 0 Å².